The Labute approximate surface area is 244 Å². The zero-order chi connectivity index (χ0) is 28.3. The molecule has 1 amide bonds. The Hall–Kier alpha value is -3.24. The molecule has 0 bridgehead atoms. The number of rotatable bonds is 9. The van der Waals surface area contributed by atoms with Crippen molar-refractivity contribution in [2.45, 2.75) is 49.5 Å². The highest BCUT2D eigenvalue weighted by molar-refractivity contribution is 7.91. The molecule has 1 fully saturated rings. The number of sulfonamides is 1. The van der Waals surface area contributed by atoms with Crippen LogP contribution in [0.4, 0.5) is 5.82 Å². The first-order valence-corrected chi connectivity index (χ1v) is 15.8. The maximum atomic E-state index is 13.3. The van der Waals surface area contributed by atoms with E-state index in [1.165, 1.54) is 10.4 Å². The van der Waals surface area contributed by atoms with Crippen LogP contribution in [0.25, 0.3) is 11.3 Å². The lowest BCUT2D eigenvalue weighted by Gasteiger charge is -2.23. The fraction of sp³-hybridized carbons (Fsp3) is 0.267. The van der Waals surface area contributed by atoms with Crippen molar-refractivity contribution in [3.63, 3.8) is 0 Å². The van der Waals surface area contributed by atoms with Gasteiger partial charge in [0.05, 0.1) is 10.0 Å². The first-order chi connectivity index (χ1) is 19.2. The number of halogens is 1. The van der Waals surface area contributed by atoms with Gasteiger partial charge in [-0.2, -0.15) is 4.31 Å². The Morgan fingerprint density at radius 2 is 1.85 bits per heavy atom. The maximum Gasteiger partial charge on any atom is 0.253 e. The smallest absolute Gasteiger partial charge is 0.253 e. The molecule has 0 spiro atoms. The van der Waals surface area contributed by atoms with E-state index in [4.69, 9.17) is 16.6 Å². The molecule has 7 nitrogen and oxygen atoms in total. The molecule has 40 heavy (non-hydrogen) atoms. The monoisotopic (exact) mass is 594 g/mol. The van der Waals surface area contributed by atoms with E-state index in [-0.39, 0.29) is 22.7 Å². The van der Waals surface area contributed by atoms with Crippen LogP contribution in [-0.2, 0) is 21.4 Å². The molecule has 2 aromatic carbocycles. The molecule has 5 rings (SSSR count). The third-order valence-electron chi connectivity index (χ3n) is 6.98. The number of aromatic nitrogens is 1. The lowest BCUT2D eigenvalue weighted by atomic mass is 10.1. The van der Waals surface area contributed by atoms with Crippen LogP contribution < -0.4 is 10.6 Å². The van der Waals surface area contributed by atoms with Crippen molar-refractivity contribution in [1.29, 1.82) is 0 Å². The van der Waals surface area contributed by atoms with Crippen LogP contribution in [0.15, 0.2) is 83.1 Å². The van der Waals surface area contributed by atoms with Crippen LogP contribution in [0, 0.1) is 6.92 Å². The van der Waals surface area contributed by atoms with Crippen LogP contribution in [0.3, 0.4) is 0 Å². The van der Waals surface area contributed by atoms with Gasteiger partial charge in [-0.15, -0.1) is 11.3 Å². The first-order valence-electron chi connectivity index (χ1n) is 13.1. The van der Waals surface area contributed by atoms with Gasteiger partial charge in [0, 0.05) is 24.7 Å². The Kier molecular flexibility index (Phi) is 8.56. The number of anilines is 1. The second kappa shape index (κ2) is 12.1. The van der Waals surface area contributed by atoms with Crippen molar-refractivity contribution in [3.8, 4) is 11.3 Å². The van der Waals surface area contributed by atoms with Crippen molar-refractivity contribution in [1.82, 2.24) is 14.6 Å². The fourth-order valence-electron chi connectivity index (χ4n) is 4.83. The number of benzene rings is 2. The molecule has 1 aliphatic heterocycles. The minimum atomic E-state index is -3.80. The Morgan fingerprint density at radius 3 is 2.55 bits per heavy atom. The van der Waals surface area contributed by atoms with Crippen molar-refractivity contribution in [3.05, 3.63) is 99.9 Å². The van der Waals surface area contributed by atoms with Gasteiger partial charge in [-0.25, -0.2) is 13.4 Å². The molecular formula is C30H31ClN4O3S2. The predicted molar refractivity (Wildman–Crippen MR) is 161 cm³/mol. The third-order valence-corrected chi connectivity index (χ3v) is 10.6. The summed E-state index contributed by atoms with van der Waals surface area (Å²) in [5.74, 6) is 0.378. The number of aryl methyl sites for hydroxylation is 1. The number of nitrogens with one attached hydrogen (secondary N) is 2. The standard InChI is InChI=1S/C30H31ClN4O3S2/c1-20-10-12-24(13-11-20)25-17-22(18-28(34-25)33-21(2)23-7-4-3-5-8-23)19-32-30(36)26-9-6-16-35(26)40(37,38)29-15-14-27(31)39-29/h3-5,7-8,10-15,17-18,21,26H,6,9,16,19H2,1-2H3,(H,32,36)(H,33,34)/t21?,26-/m0/s1. The van der Waals surface area contributed by atoms with Gasteiger partial charge in [0.1, 0.15) is 16.1 Å². The molecule has 0 radical (unpaired) electrons. The molecular weight excluding hydrogens is 564 g/mol. The summed E-state index contributed by atoms with van der Waals surface area (Å²) < 4.78 is 28.3. The highest BCUT2D eigenvalue weighted by Gasteiger charge is 2.40. The molecule has 0 saturated carbocycles. The van der Waals surface area contributed by atoms with Gasteiger partial charge in [-0.1, -0.05) is 71.8 Å². The molecule has 10 heteroatoms. The van der Waals surface area contributed by atoms with E-state index in [0.717, 1.165) is 39.3 Å². The Balaban J connectivity index is 1.36. The average Bonchev–Trinajstić information content (AvgIpc) is 3.63. The largest absolute Gasteiger partial charge is 0.364 e. The van der Waals surface area contributed by atoms with Crippen LogP contribution >= 0.6 is 22.9 Å². The van der Waals surface area contributed by atoms with E-state index in [1.54, 1.807) is 6.07 Å². The number of thiophene rings is 1. The van der Waals surface area contributed by atoms with Gasteiger partial charge in [-0.3, -0.25) is 4.79 Å². The second-order valence-corrected chi connectivity index (χ2v) is 13.8. The summed E-state index contributed by atoms with van der Waals surface area (Å²) in [5.41, 5.74) is 4.91. The minimum absolute atomic E-state index is 0.0208. The summed E-state index contributed by atoms with van der Waals surface area (Å²) in [6.07, 6.45) is 1.09. The summed E-state index contributed by atoms with van der Waals surface area (Å²) in [6, 6.07) is 24.5. The number of carbonyl (C=O) groups is 1. The predicted octanol–water partition coefficient (Wildman–Crippen LogP) is 6.41. The van der Waals surface area contributed by atoms with Crippen molar-refractivity contribution < 1.29 is 13.2 Å². The van der Waals surface area contributed by atoms with Gasteiger partial charge < -0.3 is 10.6 Å². The summed E-state index contributed by atoms with van der Waals surface area (Å²) in [7, 11) is -3.80. The van der Waals surface area contributed by atoms with Crippen LogP contribution in [0.1, 0.15) is 42.5 Å². The Morgan fingerprint density at radius 1 is 1.10 bits per heavy atom. The van der Waals surface area contributed by atoms with Crippen molar-refractivity contribution >= 4 is 44.7 Å². The highest BCUT2D eigenvalue weighted by Crippen LogP contribution is 2.32. The average molecular weight is 595 g/mol. The SMILES string of the molecule is Cc1ccc(-c2cc(CNC(=O)[C@@H]3CCCN3S(=O)(=O)c3ccc(Cl)s3)cc(NC(C)c3ccccc3)n2)cc1. The first kappa shape index (κ1) is 28.3. The zero-order valence-electron chi connectivity index (χ0n) is 22.3. The molecule has 1 saturated heterocycles. The quantitative estimate of drug-likeness (QED) is 0.233. The van der Waals surface area contributed by atoms with Crippen LogP contribution in [0.2, 0.25) is 4.34 Å². The summed E-state index contributed by atoms with van der Waals surface area (Å²) in [6.45, 7) is 4.65. The van der Waals surface area contributed by atoms with E-state index in [9.17, 15) is 13.2 Å². The molecule has 3 heterocycles. The van der Waals surface area contributed by atoms with Gasteiger partial charge >= 0.3 is 0 Å². The van der Waals surface area contributed by atoms with E-state index >= 15 is 0 Å². The van der Waals surface area contributed by atoms with Gasteiger partial charge in [0.15, 0.2) is 0 Å². The number of pyridine rings is 1. The molecule has 1 unspecified atom stereocenters. The zero-order valence-corrected chi connectivity index (χ0v) is 24.7. The number of nitrogens with zero attached hydrogens (tertiary/aromatic N) is 2. The number of amides is 1. The molecule has 208 valence electrons. The van der Waals surface area contributed by atoms with E-state index in [2.05, 4.69) is 29.7 Å². The summed E-state index contributed by atoms with van der Waals surface area (Å²) >= 11 is 6.98. The minimum Gasteiger partial charge on any atom is -0.364 e. The van der Waals surface area contributed by atoms with Gasteiger partial charge in [-0.05, 0) is 62.1 Å². The lowest BCUT2D eigenvalue weighted by molar-refractivity contribution is -0.124. The van der Waals surface area contributed by atoms with Gasteiger partial charge in [0.2, 0.25) is 5.91 Å². The summed E-state index contributed by atoms with van der Waals surface area (Å²) in [5, 5.41) is 6.47. The molecule has 2 aromatic heterocycles. The van der Waals surface area contributed by atoms with E-state index in [0.29, 0.717) is 29.5 Å². The van der Waals surface area contributed by atoms with E-state index < -0.39 is 16.1 Å². The normalized spacial score (nSPS) is 16.5. The number of carbonyl (C=O) groups excluding carboxylic acids is 1. The van der Waals surface area contributed by atoms with Crippen molar-refractivity contribution in [2.75, 3.05) is 11.9 Å². The van der Waals surface area contributed by atoms with Crippen molar-refractivity contribution in [2.24, 2.45) is 0 Å². The van der Waals surface area contributed by atoms with Crippen LogP contribution in [-0.4, -0.2) is 36.2 Å². The number of hydrogen-bond acceptors (Lipinski definition) is 6. The highest BCUT2D eigenvalue weighted by atomic mass is 35.5. The van der Waals surface area contributed by atoms with E-state index in [1.807, 2.05) is 61.5 Å². The molecule has 0 aliphatic carbocycles. The van der Waals surface area contributed by atoms with Gasteiger partial charge in [0.25, 0.3) is 10.0 Å². The molecule has 1 aliphatic rings. The lowest BCUT2D eigenvalue weighted by Crippen LogP contribution is -2.45. The summed E-state index contributed by atoms with van der Waals surface area (Å²) in [4.78, 5) is 18.1. The van der Waals surface area contributed by atoms with Crippen LogP contribution in [0.5, 0.6) is 0 Å². The molecule has 2 atom stereocenters. The fourth-order valence-corrected chi connectivity index (χ4v) is 8.10. The number of hydrogen-bond donors (Lipinski definition) is 2. The second-order valence-electron chi connectivity index (χ2n) is 9.94. The topological polar surface area (TPSA) is 91.4 Å². The Bertz CT molecular complexity index is 1590. The third kappa shape index (κ3) is 6.39. The molecule has 4 aromatic rings. The maximum absolute atomic E-state index is 13.3. The molecule has 2 N–H and O–H groups in total.